The normalized spacial score (nSPS) is 19.3. The van der Waals surface area contributed by atoms with Crippen LogP contribution in [0.3, 0.4) is 0 Å². The fraction of sp³-hybridized carbons (Fsp3) is 0.500. The van der Waals surface area contributed by atoms with E-state index in [1.165, 1.54) is 0 Å². The van der Waals surface area contributed by atoms with Gasteiger partial charge in [-0.05, 0) is 25.1 Å². The van der Waals surface area contributed by atoms with Gasteiger partial charge in [0.15, 0.2) is 0 Å². The molecule has 1 saturated heterocycles. The van der Waals surface area contributed by atoms with Crippen molar-refractivity contribution in [2.24, 2.45) is 0 Å². The van der Waals surface area contributed by atoms with Gasteiger partial charge in [0.05, 0.1) is 24.1 Å². The summed E-state index contributed by atoms with van der Waals surface area (Å²) < 4.78 is 5.53. The number of rotatable bonds is 2. The third-order valence-electron chi connectivity index (χ3n) is 3.27. The number of nitrogen functional groups attached to an aromatic ring is 1. The summed E-state index contributed by atoms with van der Waals surface area (Å²) in [6.07, 6.45) is 0.182. The standard InChI is InChI=1S/C14H21N3O2/c1-10-9-17(6-7-19-10)13-8-11(4-5-12(13)15)14(18)16(2)3/h4-5,8,10H,6-7,9,15H2,1-3H3. The van der Waals surface area contributed by atoms with E-state index in [-0.39, 0.29) is 12.0 Å². The first-order chi connectivity index (χ1) is 8.99. The molecule has 104 valence electrons. The van der Waals surface area contributed by atoms with Crippen molar-refractivity contribution in [1.82, 2.24) is 4.90 Å². The molecule has 2 rings (SSSR count). The van der Waals surface area contributed by atoms with Gasteiger partial charge in [0.25, 0.3) is 5.91 Å². The molecule has 1 aliphatic rings. The predicted molar refractivity (Wildman–Crippen MR) is 76.5 cm³/mol. The van der Waals surface area contributed by atoms with Crippen molar-refractivity contribution >= 4 is 17.3 Å². The third-order valence-corrected chi connectivity index (χ3v) is 3.27. The van der Waals surface area contributed by atoms with Gasteiger partial charge in [-0.25, -0.2) is 0 Å². The lowest BCUT2D eigenvalue weighted by molar-refractivity contribution is 0.0533. The van der Waals surface area contributed by atoms with Gasteiger partial charge in [0.2, 0.25) is 0 Å². The Morgan fingerprint density at radius 3 is 2.84 bits per heavy atom. The molecule has 0 saturated carbocycles. The van der Waals surface area contributed by atoms with Gasteiger partial charge in [-0.1, -0.05) is 0 Å². The van der Waals surface area contributed by atoms with Crippen LogP contribution in [0, 0.1) is 0 Å². The van der Waals surface area contributed by atoms with Crippen LogP contribution in [0.25, 0.3) is 0 Å². The number of anilines is 2. The van der Waals surface area contributed by atoms with E-state index in [1.54, 1.807) is 31.1 Å². The highest BCUT2D eigenvalue weighted by Crippen LogP contribution is 2.26. The summed E-state index contributed by atoms with van der Waals surface area (Å²) >= 11 is 0. The number of ether oxygens (including phenoxy) is 1. The van der Waals surface area contributed by atoms with E-state index >= 15 is 0 Å². The lowest BCUT2D eigenvalue weighted by atomic mass is 10.1. The largest absolute Gasteiger partial charge is 0.397 e. The molecule has 2 N–H and O–H groups in total. The second-order valence-corrected chi connectivity index (χ2v) is 5.10. The number of nitrogens with two attached hydrogens (primary N) is 1. The summed E-state index contributed by atoms with van der Waals surface area (Å²) in [5, 5.41) is 0. The van der Waals surface area contributed by atoms with Crippen LogP contribution in [-0.4, -0.2) is 50.7 Å². The number of hydrogen-bond donors (Lipinski definition) is 1. The topological polar surface area (TPSA) is 58.8 Å². The van der Waals surface area contributed by atoms with E-state index < -0.39 is 0 Å². The molecular formula is C14H21N3O2. The Kier molecular flexibility index (Phi) is 3.95. The molecule has 0 aliphatic carbocycles. The fourth-order valence-corrected chi connectivity index (χ4v) is 2.25. The molecular weight excluding hydrogens is 242 g/mol. The van der Waals surface area contributed by atoms with Gasteiger partial charge in [-0.2, -0.15) is 0 Å². The minimum atomic E-state index is -0.0115. The summed E-state index contributed by atoms with van der Waals surface area (Å²) in [4.78, 5) is 15.7. The molecule has 1 unspecified atom stereocenters. The van der Waals surface area contributed by atoms with Gasteiger partial charge >= 0.3 is 0 Å². The molecule has 0 spiro atoms. The highest BCUT2D eigenvalue weighted by Gasteiger charge is 2.20. The number of hydrogen-bond acceptors (Lipinski definition) is 4. The minimum absolute atomic E-state index is 0.0115. The average Bonchev–Trinajstić information content (AvgIpc) is 2.38. The van der Waals surface area contributed by atoms with E-state index in [4.69, 9.17) is 10.5 Å². The number of benzene rings is 1. The highest BCUT2D eigenvalue weighted by molar-refractivity contribution is 5.96. The third kappa shape index (κ3) is 2.98. The Morgan fingerprint density at radius 2 is 2.21 bits per heavy atom. The van der Waals surface area contributed by atoms with E-state index in [0.29, 0.717) is 17.9 Å². The summed E-state index contributed by atoms with van der Waals surface area (Å²) in [6, 6.07) is 5.44. The molecule has 1 aliphatic heterocycles. The van der Waals surface area contributed by atoms with Crippen LogP contribution in [-0.2, 0) is 4.74 Å². The zero-order valence-electron chi connectivity index (χ0n) is 11.7. The molecule has 0 bridgehead atoms. The highest BCUT2D eigenvalue weighted by atomic mass is 16.5. The van der Waals surface area contributed by atoms with Crippen LogP contribution in [0.15, 0.2) is 18.2 Å². The van der Waals surface area contributed by atoms with Crippen molar-refractivity contribution in [3.8, 4) is 0 Å². The van der Waals surface area contributed by atoms with Crippen molar-refractivity contribution in [3.63, 3.8) is 0 Å². The molecule has 1 fully saturated rings. The Balaban J connectivity index is 2.29. The second-order valence-electron chi connectivity index (χ2n) is 5.10. The Labute approximate surface area is 113 Å². The van der Waals surface area contributed by atoms with Gasteiger partial charge < -0.3 is 20.3 Å². The van der Waals surface area contributed by atoms with Gasteiger partial charge in [-0.15, -0.1) is 0 Å². The maximum Gasteiger partial charge on any atom is 0.253 e. The first kappa shape index (κ1) is 13.7. The first-order valence-electron chi connectivity index (χ1n) is 6.46. The number of nitrogens with zero attached hydrogens (tertiary/aromatic N) is 2. The monoisotopic (exact) mass is 263 g/mol. The summed E-state index contributed by atoms with van der Waals surface area (Å²) in [5.74, 6) is -0.0115. The maximum atomic E-state index is 12.0. The Morgan fingerprint density at radius 1 is 1.47 bits per heavy atom. The van der Waals surface area contributed by atoms with E-state index in [2.05, 4.69) is 4.90 Å². The molecule has 1 aromatic carbocycles. The maximum absolute atomic E-state index is 12.0. The molecule has 1 atom stereocenters. The van der Waals surface area contributed by atoms with Crippen LogP contribution >= 0.6 is 0 Å². The SMILES string of the molecule is CC1CN(c2cc(C(=O)N(C)C)ccc2N)CCO1. The molecule has 19 heavy (non-hydrogen) atoms. The lowest BCUT2D eigenvalue weighted by Gasteiger charge is -2.33. The minimum Gasteiger partial charge on any atom is -0.397 e. The number of carbonyl (C=O) groups excluding carboxylic acids is 1. The quantitative estimate of drug-likeness (QED) is 0.814. The van der Waals surface area contributed by atoms with Crippen LogP contribution < -0.4 is 10.6 Å². The Hall–Kier alpha value is -1.75. The summed E-state index contributed by atoms with van der Waals surface area (Å²) in [6.45, 7) is 4.32. The fourth-order valence-electron chi connectivity index (χ4n) is 2.25. The van der Waals surface area contributed by atoms with E-state index in [1.807, 2.05) is 13.0 Å². The van der Waals surface area contributed by atoms with Crippen LogP contribution in [0.2, 0.25) is 0 Å². The van der Waals surface area contributed by atoms with Crippen molar-refractivity contribution in [3.05, 3.63) is 23.8 Å². The van der Waals surface area contributed by atoms with E-state index in [0.717, 1.165) is 18.8 Å². The molecule has 5 nitrogen and oxygen atoms in total. The van der Waals surface area contributed by atoms with Gasteiger partial charge in [0.1, 0.15) is 0 Å². The molecule has 1 heterocycles. The zero-order chi connectivity index (χ0) is 14.0. The number of amides is 1. The van der Waals surface area contributed by atoms with Gasteiger partial charge in [0, 0.05) is 32.7 Å². The second kappa shape index (κ2) is 5.48. The zero-order valence-corrected chi connectivity index (χ0v) is 11.7. The van der Waals surface area contributed by atoms with Crippen molar-refractivity contribution < 1.29 is 9.53 Å². The van der Waals surface area contributed by atoms with Crippen LogP contribution in [0.4, 0.5) is 11.4 Å². The smallest absolute Gasteiger partial charge is 0.253 e. The van der Waals surface area contributed by atoms with E-state index in [9.17, 15) is 4.79 Å². The van der Waals surface area contributed by atoms with Gasteiger partial charge in [-0.3, -0.25) is 4.79 Å². The molecule has 1 amide bonds. The summed E-state index contributed by atoms with van der Waals surface area (Å²) in [7, 11) is 3.49. The van der Waals surface area contributed by atoms with Crippen molar-refractivity contribution in [2.75, 3.05) is 44.4 Å². The van der Waals surface area contributed by atoms with Crippen molar-refractivity contribution in [1.29, 1.82) is 0 Å². The molecule has 5 heteroatoms. The lowest BCUT2D eigenvalue weighted by Crippen LogP contribution is -2.41. The Bertz CT molecular complexity index is 474. The molecule has 1 aromatic rings. The van der Waals surface area contributed by atoms with Crippen LogP contribution in [0.1, 0.15) is 17.3 Å². The number of carbonyl (C=O) groups is 1. The molecule has 0 aromatic heterocycles. The summed E-state index contributed by atoms with van der Waals surface area (Å²) in [5.41, 5.74) is 8.31. The van der Waals surface area contributed by atoms with Crippen LogP contribution in [0.5, 0.6) is 0 Å². The van der Waals surface area contributed by atoms with Crippen molar-refractivity contribution in [2.45, 2.75) is 13.0 Å². The average molecular weight is 263 g/mol. The molecule has 0 radical (unpaired) electrons. The number of morpholine rings is 1. The first-order valence-corrected chi connectivity index (χ1v) is 6.46. The predicted octanol–water partition coefficient (Wildman–Crippen LogP) is 1.20.